The summed E-state index contributed by atoms with van der Waals surface area (Å²) in [5.41, 5.74) is 0.220. The molecule has 9 heteroatoms. The van der Waals surface area contributed by atoms with Crippen molar-refractivity contribution in [2.24, 2.45) is 0 Å². The monoisotopic (exact) mass is 438 g/mol. The van der Waals surface area contributed by atoms with E-state index < -0.39 is 25.4 Å². The van der Waals surface area contributed by atoms with E-state index in [9.17, 15) is 21.9 Å². The zero-order valence-electron chi connectivity index (χ0n) is 11.8. The first-order valence-electron chi connectivity index (χ1n) is 6.20. The van der Waals surface area contributed by atoms with Crippen LogP contribution >= 0.6 is 27.5 Å². The van der Waals surface area contributed by atoms with Crippen LogP contribution in [0.4, 0.5) is 0 Å². The van der Waals surface area contributed by atoms with E-state index in [-0.39, 0.29) is 26.1 Å². The first kappa shape index (κ1) is 18.3. The van der Waals surface area contributed by atoms with Crippen LogP contribution in [0.5, 0.6) is 5.75 Å². The van der Waals surface area contributed by atoms with Crippen LogP contribution in [0.15, 0.2) is 50.7 Å². The maximum atomic E-state index is 12.5. The molecule has 124 valence electrons. The average Bonchev–Trinajstić information content (AvgIpc) is 2.39. The molecule has 0 heterocycles. The Balaban J connectivity index is 2.50. The van der Waals surface area contributed by atoms with Gasteiger partial charge in [-0.2, -0.15) is 0 Å². The highest BCUT2D eigenvalue weighted by atomic mass is 79.9. The SMILES string of the molecule is CS(=O)(=O)c1cc(Cl)cc(CS(=O)(=O)c2cc(Br)ccc2O)c1. The molecule has 1 N–H and O–H groups in total. The van der Waals surface area contributed by atoms with E-state index in [1.54, 1.807) is 0 Å². The molecular weight excluding hydrogens is 428 g/mol. The number of phenolic OH excluding ortho intramolecular Hbond substituents is 1. The Morgan fingerprint density at radius 3 is 2.35 bits per heavy atom. The number of rotatable bonds is 4. The van der Waals surface area contributed by atoms with Gasteiger partial charge in [0.1, 0.15) is 10.6 Å². The molecular formula is C14H12BrClO5S2. The van der Waals surface area contributed by atoms with Crippen LogP contribution < -0.4 is 0 Å². The summed E-state index contributed by atoms with van der Waals surface area (Å²) in [4.78, 5) is -0.304. The third kappa shape index (κ3) is 4.47. The van der Waals surface area contributed by atoms with E-state index in [0.29, 0.717) is 4.47 Å². The second kappa shape index (κ2) is 6.43. The minimum atomic E-state index is -3.88. The Morgan fingerprint density at radius 2 is 1.74 bits per heavy atom. The molecule has 0 spiro atoms. The highest BCUT2D eigenvalue weighted by molar-refractivity contribution is 9.10. The number of benzene rings is 2. The van der Waals surface area contributed by atoms with Crippen LogP contribution in [0.25, 0.3) is 0 Å². The molecule has 0 radical (unpaired) electrons. The number of hydrogen-bond acceptors (Lipinski definition) is 5. The smallest absolute Gasteiger partial charge is 0.186 e. The fourth-order valence-electron chi connectivity index (χ4n) is 1.95. The Hall–Kier alpha value is -1.09. The normalized spacial score (nSPS) is 12.3. The van der Waals surface area contributed by atoms with Crippen LogP contribution in [0, 0.1) is 0 Å². The van der Waals surface area contributed by atoms with Gasteiger partial charge in [0.15, 0.2) is 19.7 Å². The molecule has 0 saturated heterocycles. The summed E-state index contributed by atoms with van der Waals surface area (Å²) in [6, 6.07) is 7.94. The van der Waals surface area contributed by atoms with Gasteiger partial charge in [-0.15, -0.1) is 0 Å². The van der Waals surface area contributed by atoms with E-state index >= 15 is 0 Å². The van der Waals surface area contributed by atoms with Crippen molar-refractivity contribution >= 4 is 47.2 Å². The lowest BCUT2D eigenvalue weighted by molar-refractivity contribution is 0.458. The molecule has 0 unspecified atom stereocenters. The maximum absolute atomic E-state index is 12.5. The van der Waals surface area contributed by atoms with Gasteiger partial charge in [0.2, 0.25) is 0 Å². The standard InChI is InChI=1S/C14H12BrClO5S2/c1-22(18,19)12-5-9(4-11(16)7-12)8-23(20,21)14-6-10(15)2-3-13(14)17/h2-7,17H,8H2,1H3. The maximum Gasteiger partial charge on any atom is 0.186 e. The molecule has 0 aliphatic heterocycles. The van der Waals surface area contributed by atoms with Gasteiger partial charge in [0.25, 0.3) is 0 Å². The van der Waals surface area contributed by atoms with Gasteiger partial charge in [0, 0.05) is 15.8 Å². The Bertz CT molecular complexity index is 969. The third-order valence-corrected chi connectivity index (χ3v) is 6.49. The Labute approximate surface area is 147 Å². The van der Waals surface area contributed by atoms with Gasteiger partial charge in [-0.25, -0.2) is 16.8 Å². The molecule has 0 aliphatic rings. The van der Waals surface area contributed by atoms with Gasteiger partial charge in [-0.1, -0.05) is 27.5 Å². The number of aromatic hydroxyl groups is 1. The predicted molar refractivity (Wildman–Crippen MR) is 91.3 cm³/mol. The number of sulfone groups is 2. The lowest BCUT2D eigenvalue weighted by atomic mass is 10.2. The van der Waals surface area contributed by atoms with Crippen molar-refractivity contribution in [2.75, 3.05) is 6.26 Å². The van der Waals surface area contributed by atoms with Crippen LogP contribution in [0.3, 0.4) is 0 Å². The van der Waals surface area contributed by atoms with E-state index in [2.05, 4.69) is 15.9 Å². The van der Waals surface area contributed by atoms with Gasteiger partial charge in [-0.05, 0) is 42.0 Å². The molecule has 0 aliphatic carbocycles. The highest BCUT2D eigenvalue weighted by Gasteiger charge is 2.21. The molecule has 23 heavy (non-hydrogen) atoms. The van der Waals surface area contributed by atoms with Crippen LogP contribution in [0.1, 0.15) is 5.56 Å². The fourth-order valence-corrected chi connectivity index (χ4v) is 4.95. The van der Waals surface area contributed by atoms with Crippen LogP contribution in [-0.4, -0.2) is 28.2 Å². The van der Waals surface area contributed by atoms with Crippen molar-refractivity contribution in [2.45, 2.75) is 15.5 Å². The first-order chi connectivity index (χ1) is 10.5. The molecule has 0 bridgehead atoms. The number of halogens is 2. The van der Waals surface area contributed by atoms with Crippen molar-refractivity contribution in [3.05, 3.63) is 51.5 Å². The van der Waals surface area contributed by atoms with Gasteiger partial charge in [-0.3, -0.25) is 0 Å². The quantitative estimate of drug-likeness (QED) is 0.790. The molecule has 0 fully saturated rings. The van der Waals surface area contributed by atoms with E-state index in [0.717, 1.165) is 6.26 Å². The number of phenols is 1. The van der Waals surface area contributed by atoms with Crippen molar-refractivity contribution in [3.8, 4) is 5.75 Å². The summed E-state index contributed by atoms with van der Waals surface area (Å²) in [5.74, 6) is -0.862. The molecule has 0 amide bonds. The topological polar surface area (TPSA) is 88.5 Å². The van der Waals surface area contributed by atoms with Crippen molar-refractivity contribution in [1.29, 1.82) is 0 Å². The summed E-state index contributed by atoms with van der Waals surface area (Å²) < 4.78 is 48.7. The molecule has 2 aromatic carbocycles. The van der Waals surface area contributed by atoms with Crippen LogP contribution in [-0.2, 0) is 25.4 Å². The van der Waals surface area contributed by atoms with E-state index in [1.807, 2.05) is 0 Å². The summed E-state index contributed by atoms with van der Waals surface area (Å²) in [6.07, 6.45) is 1.01. The predicted octanol–water partition coefficient (Wildman–Crippen LogP) is 3.19. The lowest BCUT2D eigenvalue weighted by Crippen LogP contribution is -2.07. The van der Waals surface area contributed by atoms with Gasteiger partial charge >= 0.3 is 0 Å². The third-order valence-electron chi connectivity index (χ3n) is 2.97. The molecule has 2 aromatic rings. The first-order valence-corrected chi connectivity index (χ1v) is 10.9. The summed E-state index contributed by atoms with van der Waals surface area (Å²) in [5, 5.41) is 9.89. The molecule has 5 nitrogen and oxygen atoms in total. The summed E-state index contributed by atoms with van der Waals surface area (Å²) in [6.45, 7) is 0. The van der Waals surface area contributed by atoms with Gasteiger partial charge < -0.3 is 5.11 Å². The molecule has 0 aromatic heterocycles. The lowest BCUT2D eigenvalue weighted by Gasteiger charge is -2.09. The van der Waals surface area contributed by atoms with Crippen molar-refractivity contribution in [1.82, 2.24) is 0 Å². The molecule has 0 saturated carbocycles. The van der Waals surface area contributed by atoms with E-state index in [1.165, 1.54) is 36.4 Å². The fraction of sp³-hybridized carbons (Fsp3) is 0.143. The zero-order chi connectivity index (χ0) is 17.4. The molecule has 0 atom stereocenters. The average molecular weight is 440 g/mol. The zero-order valence-corrected chi connectivity index (χ0v) is 15.8. The number of hydrogen-bond donors (Lipinski definition) is 1. The van der Waals surface area contributed by atoms with Crippen LogP contribution in [0.2, 0.25) is 5.02 Å². The minimum absolute atomic E-state index is 0.0614. The highest BCUT2D eigenvalue weighted by Crippen LogP contribution is 2.30. The summed E-state index contributed by atoms with van der Waals surface area (Å²) >= 11 is 9.02. The Kier molecular flexibility index (Phi) is 5.10. The van der Waals surface area contributed by atoms with E-state index in [4.69, 9.17) is 11.6 Å². The second-order valence-electron chi connectivity index (χ2n) is 4.94. The Morgan fingerprint density at radius 1 is 1.09 bits per heavy atom. The molecule has 2 rings (SSSR count). The summed E-state index contributed by atoms with van der Waals surface area (Å²) in [7, 11) is -7.40. The largest absolute Gasteiger partial charge is 0.507 e. The van der Waals surface area contributed by atoms with Crippen molar-refractivity contribution < 1.29 is 21.9 Å². The van der Waals surface area contributed by atoms with Gasteiger partial charge in [0.05, 0.1) is 10.6 Å². The minimum Gasteiger partial charge on any atom is -0.507 e. The van der Waals surface area contributed by atoms with Crippen molar-refractivity contribution in [3.63, 3.8) is 0 Å². The second-order valence-corrected chi connectivity index (χ2v) is 10.3.